The number of anilines is 2. The van der Waals surface area contributed by atoms with Crippen LogP contribution in [0.5, 0.6) is 0 Å². The monoisotopic (exact) mass is 174 g/mol. The molecular formula is C11H14N2. The Hall–Kier alpha value is -1.18. The maximum absolute atomic E-state index is 3.56. The highest BCUT2D eigenvalue weighted by molar-refractivity contribution is 5.75. The van der Waals surface area contributed by atoms with Crippen LogP contribution >= 0.6 is 0 Å². The lowest BCUT2D eigenvalue weighted by molar-refractivity contribution is 0.507. The summed E-state index contributed by atoms with van der Waals surface area (Å²) in [5.74, 6) is 0. The van der Waals surface area contributed by atoms with Crippen LogP contribution in [0.4, 0.5) is 11.4 Å². The van der Waals surface area contributed by atoms with Gasteiger partial charge in [0, 0.05) is 6.54 Å². The average Bonchev–Trinajstić information content (AvgIpc) is 2.56. The highest BCUT2D eigenvalue weighted by atomic mass is 15.3. The molecule has 1 aromatic carbocycles. The molecule has 13 heavy (non-hydrogen) atoms. The van der Waals surface area contributed by atoms with Gasteiger partial charge in [-0.3, -0.25) is 0 Å². The van der Waals surface area contributed by atoms with Gasteiger partial charge in [-0.15, -0.1) is 0 Å². The second kappa shape index (κ2) is 2.66. The van der Waals surface area contributed by atoms with Crippen molar-refractivity contribution in [2.45, 2.75) is 25.4 Å². The van der Waals surface area contributed by atoms with Gasteiger partial charge < -0.3 is 10.2 Å². The molecule has 1 fully saturated rings. The molecule has 2 nitrogen and oxygen atoms in total. The highest BCUT2D eigenvalue weighted by Gasteiger charge is 2.29. The molecule has 68 valence electrons. The summed E-state index contributed by atoms with van der Waals surface area (Å²) in [5, 5.41) is 3.56. The summed E-state index contributed by atoms with van der Waals surface area (Å²) in [5.41, 5.74) is 2.71. The standard InChI is InChI=1S/C11H14N2/c1-2-6-10-9(5-1)12-11-7-3-4-8-13(10)11/h1-2,5-6,11-12H,3-4,7-8H2. The first-order valence-corrected chi connectivity index (χ1v) is 5.07. The number of hydrogen-bond acceptors (Lipinski definition) is 2. The number of rotatable bonds is 0. The van der Waals surface area contributed by atoms with Crippen LogP contribution in [0.1, 0.15) is 19.3 Å². The van der Waals surface area contributed by atoms with Crippen molar-refractivity contribution in [1.82, 2.24) is 0 Å². The van der Waals surface area contributed by atoms with Crippen molar-refractivity contribution in [2.24, 2.45) is 0 Å². The van der Waals surface area contributed by atoms with Gasteiger partial charge in [0.25, 0.3) is 0 Å². The zero-order valence-electron chi connectivity index (χ0n) is 7.66. The van der Waals surface area contributed by atoms with E-state index in [1.165, 1.54) is 37.2 Å². The van der Waals surface area contributed by atoms with Crippen LogP contribution in [0.25, 0.3) is 0 Å². The minimum absolute atomic E-state index is 0.575. The third-order valence-electron chi connectivity index (χ3n) is 3.04. The zero-order valence-corrected chi connectivity index (χ0v) is 7.66. The fraction of sp³-hybridized carbons (Fsp3) is 0.455. The van der Waals surface area contributed by atoms with Gasteiger partial charge in [0.15, 0.2) is 0 Å². The summed E-state index contributed by atoms with van der Waals surface area (Å²) in [6.45, 7) is 1.22. The first-order valence-electron chi connectivity index (χ1n) is 5.07. The fourth-order valence-electron chi connectivity index (χ4n) is 2.40. The minimum Gasteiger partial charge on any atom is -0.364 e. The quantitative estimate of drug-likeness (QED) is 0.649. The third-order valence-corrected chi connectivity index (χ3v) is 3.04. The van der Waals surface area contributed by atoms with Crippen molar-refractivity contribution < 1.29 is 0 Å². The van der Waals surface area contributed by atoms with E-state index in [0.717, 1.165) is 0 Å². The van der Waals surface area contributed by atoms with Crippen molar-refractivity contribution in [3.05, 3.63) is 24.3 Å². The van der Waals surface area contributed by atoms with E-state index in [-0.39, 0.29) is 0 Å². The topological polar surface area (TPSA) is 15.3 Å². The van der Waals surface area contributed by atoms with Gasteiger partial charge in [-0.05, 0) is 31.4 Å². The van der Waals surface area contributed by atoms with Crippen molar-refractivity contribution in [3.8, 4) is 0 Å². The lowest BCUT2D eigenvalue weighted by atomic mass is 10.1. The maximum Gasteiger partial charge on any atom is 0.0991 e. The van der Waals surface area contributed by atoms with Crippen LogP contribution in [-0.4, -0.2) is 12.7 Å². The molecule has 0 bridgehead atoms. The zero-order chi connectivity index (χ0) is 8.67. The lowest BCUT2D eigenvalue weighted by Crippen LogP contribution is -2.39. The van der Waals surface area contributed by atoms with Gasteiger partial charge in [0.2, 0.25) is 0 Å². The number of hydrogen-bond donors (Lipinski definition) is 1. The molecule has 0 aliphatic carbocycles. The van der Waals surface area contributed by atoms with Crippen LogP contribution in [0.15, 0.2) is 24.3 Å². The summed E-state index contributed by atoms with van der Waals surface area (Å²) in [7, 11) is 0. The molecule has 3 rings (SSSR count). The van der Waals surface area contributed by atoms with Crippen LogP contribution in [0.3, 0.4) is 0 Å². The maximum atomic E-state index is 3.56. The number of nitrogens with one attached hydrogen (secondary N) is 1. The first-order chi connectivity index (χ1) is 6.45. The first kappa shape index (κ1) is 7.25. The largest absolute Gasteiger partial charge is 0.364 e. The van der Waals surface area contributed by atoms with E-state index in [2.05, 4.69) is 34.5 Å². The molecule has 1 atom stereocenters. The van der Waals surface area contributed by atoms with E-state index >= 15 is 0 Å². The summed E-state index contributed by atoms with van der Waals surface area (Å²) in [6, 6.07) is 8.61. The smallest absolute Gasteiger partial charge is 0.0991 e. The molecule has 2 heteroatoms. The molecule has 0 aromatic heterocycles. The van der Waals surface area contributed by atoms with Crippen molar-refractivity contribution in [2.75, 3.05) is 16.8 Å². The van der Waals surface area contributed by atoms with Crippen LogP contribution in [0, 0.1) is 0 Å². The van der Waals surface area contributed by atoms with Gasteiger partial charge in [-0.2, -0.15) is 0 Å². The Morgan fingerprint density at radius 1 is 1.23 bits per heavy atom. The number of piperidine rings is 1. The molecule has 0 radical (unpaired) electrons. The highest BCUT2D eigenvalue weighted by Crippen LogP contribution is 2.37. The van der Waals surface area contributed by atoms with Crippen LogP contribution < -0.4 is 10.2 Å². The molecule has 0 amide bonds. The molecule has 1 unspecified atom stereocenters. The minimum atomic E-state index is 0.575. The van der Waals surface area contributed by atoms with E-state index in [9.17, 15) is 0 Å². The summed E-state index contributed by atoms with van der Waals surface area (Å²) < 4.78 is 0. The SMILES string of the molecule is c1ccc2c(c1)NC1CCCCN21. The third kappa shape index (κ3) is 1.01. The Balaban J connectivity index is 2.01. The molecule has 0 saturated carbocycles. The second-order valence-corrected chi connectivity index (χ2v) is 3.87. The van der Waals surface area contributed by atoms with Crippen molar-refractivity contribution in [3.63, 3.8) is 0 Å². The fourth-order valence-corrected chi connectivity index (χ4v) is 2.40. The number of fused-ring (bicyclic) bond motifs is 3. The van der Waals surface area contributed by atoms with E-state index in [1.54, 1.807) is 0 Å². The Morgan fingerprint density at radius 2 is 2.15 bits per heavy atom. The Kier molecular flexibility index (Phi) is 1.48. The Morgan fingerprint density at radius 3 is 3.15 bits per heavy atom. The van der Waals surface area contributed by atoms with E-state index in [1.807, 2.05) is 0 Å². The van der Waals surface area contributed by atoms with E-state index in [4.69, 9.17) is 0 Å². The van der Waals surface area contributed by atoms with Crippen LogP contribution in [-0.2, 0) is 0 Å². The molecule has 2 aliphatic rings. The molecule has 1 aromatic rings. The summed E-state index contributed by atoms with van der Waals surface area (Å²) in [6.07, 6.45) is 4.56. The molecular weight excluding hydrogens is 160 g/mol. The van der Waals surface area contributed by atoms with Crippen LogP contribution in [0.2, 0.25) is 0 Å². The van der Waals surface area contributed by atoms with E-state index in [0.29, 0.717) is 6.17 Å². The molecule has 1 N–H and O–H groups in total. The van der Waals surface area contributed by atoms with Gasteiger partial charge >= 0.3 is 0 Å². The summed E-state index contributed by atoms with van der Waals surface area (Å²) in [4.78, 5) is 2.50. The molecule has 2 heterocycles. The van der Waals surface area contributed by atoms with Gasteiger partial charge in [-0.25, -0.2) is 0 Å². The van der Waals surface area contributed by atoms with E-state index < -0.39 is 0 Å². The molecule has 2 aliphatic heterocycles. The molecule has 1 saturated heterocycles. The van der Waals surface area contributed by atoms with Gasteiger partial charge in [-0.1, -0.05) is 12.1 Å². The van der Waals surface area contributed by atoms with Gasteiger partial charge in [0.1, 0.15) is 0 Å². The predicted octanol–water partition coefficient (Wildman–Crippen LogP) is 2.43. The predicted molar refractivity (Wildman–Crippen MR) is 55.0 cm³/mol. The second-order valence-electron chi connectivity index (χ2n) is 3.87. The van der Waals surface area contributed by atoms with Gasteiger partial charge in [0.05, 0.1) is 17.5 Å². The lowest BCUT2D eigenvalue weighted by Gasteiger charge is -2.31. The number of para-hydroxylation sites is 2. The average molecular weight is 174 g/mol. The van der Waals surface area contributed by atoms with Crippen molar-refractivity contribution in [1.29, 1.82) is 0 Å². The van der Waals surface area contributed by atoms with Crippen molar-refractivity contribution >= 4 is 11.4 Å². The molecule has 0 spiro atoms. The number of benzene rings is 1. The number of nitrogens with zero attached hydrogens (tertiary/aromatic N) is 1. The Labute approximate surface area is 78.6 Å². The normalized spacial score (nSPS) is 24.9. The Bertz CT molecular complexity index is 322. The summed E-state index contributed by atoms with van der Waals surface area (Å²) >= 11 is 0.